The molecule has 1 aromatic rings. The molecule has 98 valence electrons. The quantitative estimate of drug-likeness (QED) is 0.888. The molecule has 1 aliphatic carbocycles. The minimum Gasteiger partial charge on any atom is -0.390 e. The number of hydrogen-bond donors (Lipinski definition) is 1. The average molecular weight is 246 g/mol. The maximum Gasteiger partial charge on any atom is 0.0863 e. The minimum atomic E-state index is -0.359. The summed E-state index contributed by atoms with van der Waals surface area (Å²) in [6.45, 7) is 2.97. The van der Waals surface area contributed by atoms with E-state index in [0.29, 0.717) is 5.92 Å². The maximum atomic E-state index is 10.3. The molecule has 1 N–H and O–H groups in total. The van der Waals surface area contributed by atoms with E-state index in [1.54, 1.807) is 0 Å². The van der Waals surface area contributed by atoms with E-state index in [4.69, 9.17) is 4.74 Å². The van der Waals surface area contributed by atoms with E-state index in [1.807, 2.05) is 0 Å². The lowest BCUT2D eigenvalue weighted by Gasteiger charge is -2.21. The lowest BCUT2D eigenvalue weighted by molar-refractivity contribution is -0.0157. The molecule has 0 radical (unpaired) electrons. The number of fused-ring (bicyclic) bond motifs is 1. The highest BCUT2D eigenvalue weighted by Gasteiger charge is 2.30. The van der Waals surface area contributed by atoms with E-state index >= 15 is 0 Å². The predicted molar refractivity (Wildman–Crippen MR) is 71.7 cm³/mol. The number of rotatable bonds is 3. The zero-order valence-corrected chi connectivity index (χ0v) is 11.1. The fraction of sp³-hybridized carbons (Fsp3) is 0.625. The molecule has 2 nitrogen and oxygen atoms in total. The molecule has 1 fully saturated rings. The van der Waals surface area contributed by atoms with Gasteiger partial charge in [-0.15, -0.1) is 0 Å². The summed E-state index contributed by atoms with van der Waals surface area (Å²) in [4.78, 5) is 0. The van der Waals surface area contributed by atoms with Crippen molar-refractivity contribution in [2.24, 2.45) is 5.92 Å². The molecule has 1 saturated heterocycles. The van der Waals surface area contributed by atoms with Crippen LogP contribution in [-0.2, 0) is 24.0 Å². The number of aliphatic hydroxyl groups excluding tert-OH is 1. The third kappa shape index (κ3) is 2.32. The normalized spacial score (nSPS) is 28.3. The lowest BCUT2D eigenvalue weighted by atomic mass is 9.94. The van der Waals surface area contributed by atoms with E-state index in [1.165, 1.54) is 36.0 Å². The van der Waals surface area contributed by atoms with Gasteiger partial charge in [-0.2, -0.15) is 0 Å². The number of ether oxygens (including phenoxy) is 1. The summed E-state index contributed by atoms with van der Waals surface area (Å²) < 4.78 is 5.64. The first-order valence-corrected chi connectivity index (χ1v) is 7.14. The Bertz CT molecular complexity index is 427. The Morgan fingerprint density at radius 3 is 2.94 bits per heavy atom. The Kier molecular flexibility index (Phi) is 3.40. The first kappa shape index (κ1) is 12.2. The molecule has 0 spiro atoms. The fourth-order valence-corrected chi connectivity index (χ4v) is 3.32. The van der Waals surface area contributed by atoms with Crippen LogP contribution in [0.3, 0.4) is 0 Å². The van der Waals surface area contributed by atoms with Crippen LogP contribution in [0.4, 0.5) is 0 Å². The van der Waals surface area contributed by atoms with Gasteiger partial charge in [0.2, 0.25) is 0 Å². The van der Waals surface area contributed by atoms with Crippen LogP contribution in [0.5, 0.6) is 0 Å². The van der Waals surface area contributed by atoms with Crippen molar-refractivity contribution >= 4 is 0 Å². The Morgan fingerprint density at radius 2 is 2.17 bits per heavy atom. The first-order chi connectivity index (χ1) is 8.74. The Balaban J connectivity index is 1.68. The molecule has 1 aliphatic heterocycles. The second-order valence-corrected chi connectivity index (χ2v) is 5.83. The van der Waals surface area contributed by atoms with Gasteiger partial charge >= 0.3 is 0 Å². The molecule has 3 unspecified atom stereocenters. The van der Waals surface area contributed by atoms with E-state index in [0.717, 1.165) is 19.4 Å². The van der Waals surface area contributed by atoms with Gasteiger partial charge in [-0.05, 0) is 48.3 Å². The highest BCUT2D eigenvalue weighted by Crippen LogP contribution is 2.27. The largest absolute Gasteiger partial charge is 0.390 e. The van der Waals surface area contributed by atoms with Gasteiger partial charge in [0.05, 0.1) is 12.2 Å². The lowest BCUT2D eigenvalue weighted by Crippen LogP contribution is -2.31. The van der Waals surface area contributed by atoms with Crippen molar-refractivity contribution in [1.29, 1.82) is 0 Å². The summed E-state index contributed by atoms with van der Waals surface area (Å²) in [6.07, 6.45) is 5.18. The molecule has 1 aromatic carbocycles. The van der Waals surface area contributed by atoms with Crippen molar-refractivity contribution in [3.63, 3.8) is 0 Å². The molecule has 0 saturated carbocycles. The van der Waals surface area contributed by atoms with Crippen molar-refractivity contribution in [2.45, 2.75) is 51.2 Å². The number of benzene rings is 1. The van der Waals surface area contributed by atoms with Crippen LogP contribution in [0.1, 0.15) is 36.5 Å². The SMILES string of the molecule is CC1CCOC1C(O)Cc1ccc2c(c1)CCC2. The van der Waals surface area contributed by atoms with Gasteiger partial charge in [0.25, 0.3) is 0 Å². The minimum absolute atomic E-state index is 0.0262. The molecule has 2 aliphatic rings. The van der Waals surface area contributed by atoms with Crippen LogP contribution in [-0.4, -0.2) is 23.9 Å². The van der Waals surface area contributed by atoms with Gasteiger partial charge in [0.1, 0.15) is 0 Å². The highest BCUT2D eigenvalue weighted by atomic mass is 16.5. The third-order valence-corrected chi connectivity index (χ3v) is 4.43. The molecule has 0 bridgehead atoms. The van der Waals surface area contributed by atoms with Gasteiger partial charge in [0, 0.05) is 13.0 Å². The molecular weight excluding hydrogens is 224 g/mol. The monoisotopic (exact) mass is 246 g/mol. The van der Waals surface area contributed by atoms with E-state index in [2.05, 4.69) is 25.1 Å². The van der Waals surface area contributed by atoms with Crippen LogP contribution < -0.4 is 0 Å². The second-order valence-electron chi connectivity index (χ2n) is 5.83. The Labute approximate surface area is 109 Å². The molecule has 0 amide bonds. The molecular formula is C16H22O2. The van der Waals surface area contributed by atoms with Crippen molar-refractivity contribution < 1.29 is 9.84 Å². The zero-order valence-electron chi connectivity index (χ0n) is 11.1. The molecule has 0 aromatic heterocycles. The fourth-order valence-electron chi connectivity index (χ4n) is 3.32. The number of hydrogen-bond acceptors (Lipinski definition) is 2. The summed E-state index contributed by atoms with van der Waals surface area (Å²) in [5.74, 6) is 0.481. The van der Waals surface area contributed by atoms with E-state index in [9.17, 15) is 5.11 Å². The van der Waals surface area contributed by atoms with Gasteiger partial charge in [0.15, 0.2) is 0 Å². The first-order valence-electron chi connectivity index (χ1n) is 7.14. The number of aryl methyl sites for hydroxylation is 2. The second kappa shape index (κ2) is 5.02. The van der Waals surface area contributed by atoms with Crippen molar-refractivity contribution in [3.05, 3.63) is 34.9 Å². The van der Waals surface area contributed by atoms with Crippen LogP contribution in [0, 0.1) is 5.92 Å². The number of aliphatic hydroxyl groups is 1. The van der Waals surface area contributed by atoms with Crippen LogP contribution in [0.15, 0.2) is 18.2 Å². The maximum absolute atomic E-state index is 10.3. The average Bonchev–Trinajstić information content (AvgIpc) is 2.96. The summed E-state index contributed by atoms with van der Waals surface area (Å²) in [5.41, 5.74) is 4.24. The van der Waals surface area contributed by atoms with Gasteiger partial charge in [-0.3, -0.25) is 0 Å². The topological polar surface area (TPSA) is 29.5 Å². The summed E-state index contributed by atoms with van der Waals surface area (Å²) >= 11 is 0. The molecule has 3 atom stereocenters. The summed E-state index contributed by atoms with van der Waals surface area (Å²) in [5, 5.41) is 10.3. The van der Waals surface area contributed by atoms with Crippen LogP contribution in [0.25, 0.3) is 0 Å². The molecule has 2 heteroatoms. The van der Waals surface area contributed by atoms with Crippen LogP contribution >= 0.6 is 0 Å². The molecule has 18 heavy (non-hydrogen) atoms. The molecule has 1 heterocycles. The summed E-state index contributed by atoms with van der Waals surface area (Å²) in [7, 11) is 0. The Morgan fingerprint density at radius 1 is 1.33 bits per heavy atom. The van der Waals surface area contributed by atoms with E-state index in [-0.39, 0.29) is 12.2 Å². The smallest absolute Gasteiger partial charge is 0.0863 e. The van der Waals surface area contributed by atoms with Crippen molar-refractivity contribution in [2.75, 3.05) is 6.61 Å². The van der Waals surface area contributed by atoms with Gasteiger partial charge < -0.3 is 9.84 Å². The van der Waals surface area contributed by atoms with Gasteiger partial charge in [-0.1, -0.05) is 25.1 Å². The van der Waals surface area contributed by atoms with Gasteiger partial charge in [-0.25, -0.2) is 0 Å². The van der Waals surface area contributed by atoms with Crippen LogP contribution in [0.2, 0.25) is 0 Å². The summed E-state index contributed by atoms with van der Waals surface area (Å²) in [6, 6.07) is 6.70. The molecule has 3 rings (SSSR count). The standard InChI is InChI=1S/C16H22O2/c1-11-7-8-18-16(11)15(17)10-12-5-6-13-3-2-4-14(13)9-12/h5-6,9,11,15-17H,2-4,7-8,10H2,1H3. The predicted octanol–water partition coefficient (Wildman–Crippen LogP) is 2.50. The Hall–Kier alpha value is -0.860. The third-order valence-electron chi connectivity index (χ3n) is 4.43. The zero-order chi connectivity index (χ0) is 12.5. The highest BCUT2D eigenvalue weighted by molar-refractivity contribution is 5.35. The van der Waals surface area contributed by atoms with Crippen molar-refractivity contribution in [1.82, 2.24) is 0 Å². The van der Waals surface area contributed by atoms with E-state index < -0.39 is 0 Å². The van der Waals surface area contributed by atoms with Crippen molar-refractivity contribution in [3.8, 4) is 0 Å².